The maximum Gasteiger partial charge on any atom is 0.335 e. The second kappa shape index (κ2) is 6.02. The number of carbonyl (C=O) groups is 2. The fourth-order valence-corrected chi connectivity index (χ4v) is 1.44. The van der Waals surface area contributed by atoms with E-state index in [0.717, 1.165) is 6.42 Å². The molecule has 1 amide bonds. The molecule has 0 radical (unpaired) electrons. The monoisotopic (exact) mass is 252 g/mol. The van der Waals surface area contributed by atoms with Crippen LogP contribution in [0.1, 0.15) is 30.1 Å². The normalized spacial score (nSPS) is 11.9. The van der Waals surface area contributed by atoms with Gasteiger partial charge < -0.3 is 21.3 Å². The molecule has 0 aliphatic carbocycles. The minimum atomic E-state index is -1.14. The van der Waals surface area contributed by atoms with Crippen molar-refractivity contribution in [2.75, 3.05) is 5.32 Å². The molecule has 6 nitrogen and oxygen atoms in total. The van der Waals surface area contributed by atoms with E-state index in [4.69, 9.17) is 10.8 Å². The van der Waals surface area contributed by atoms with E-state index in [0.29, 0.717) is 6.42 Å². The van der Waals surface area contributed by atoms with Crippen LogP contribution in [0.4, 0.5) is 5.69 Å². The molecule has 1 aromatic rings. The summed E-state index contributed by atoms with van der Waals surface area (Å²) in [7, 11) is 0. The van der Waals surface area contributed by atoms with Crippen LogP contribution in [0, 0.1) is 0 Å². The van der Waals surface area contributed by atoms with E-state index in [-0.39, 0.29) is 17.0 Å². The Hall–Kier alpha value is -2.08. The van der Waals surface area contributed by atoms with Crippen LogP contribution in [0.25, 0.3) is 0 Å². The third kappa shape index (κ3) is 3.46. The Labute approximate surface area is 104 Å². The van der Waals surface area contributed by atoms with Gasteiger partial charge in [-0.05, 0) is 24.6 Å². The van der Waals surface area contributed by atoms with Crippen LogP contribution >= 0.6 is 0 Å². The van der Waals surface area contributed by atoms with Gasteiger partial charge in [0.1, 0.15) is 5.75 Å². The lowest BCUT2D eigenvalue weighted by atomic mass is 10.1. The summed E-state index contributed by atoms with van der Waals surface area (Å²) >= 11 is 0. The van der Waals surface area contributed by atoms with Crippen molar-refractivity contribution in [2.45, 2.75) is 25.8 Å². The summed E-state index contributed by atoms with van der Waals surface area (Å²) < 4.78 is 0. The van der Waals surface area contributed by atoms with E-state index in [1.807, 2.05) is 6.92 Å². The summed E-state index contributed by atoms with van der Waals surface area (Å²) in [6.07, 6.45) is 1.28. The number of hydrogen-bond donors (Lipinski definition) is 4. The Morgan fingerprint density at radius 2 is 2.11 bits per heavy atom. The minimum Gasteiger partial charge on any atom is -0.506 e. The topological polar surface area (TPSA) is 113 Å². The number of anilines is 1. The molecule has 0 saturated carbocycles. The molecule has 98 valence electrons. The maximum atomic E-state index is 11.6. The van der Waals surface area contributed by atoms with Crippen molar-refractivity contribution in [1.29, 1.82) is 0 Å². The SMILES string of the molecule is CCC[C@@H](N)C(=O)Nc1cc(C(=O)O)ccc1O. The van der Waals surface area contributed by atoms with Gasteiger partial charge in [0.2, 0.25) is 5.91 Å². The predicted molar refractivity (Wildman–Crippen MR) is 66.6 cm³/mol. The van der Waals surface area contributed by atoms with Gasteiger partial charge in [-0.1, -0.05) is 13.3 Å². The summed E-state index contributed by atoms with van der Waals surface area (Å²) in [4.78, 5) is 22.4. The van der Waals surface area contributed by atoms with Gasteiger partial charge in [-0.2, -0.15) is 0 Å². The second-order valence-corrected chi connectivity index (χ2v) is 3.92. The fourth-order valence-electron chi connectivity index (χ4n) is 1.44. The van der Waals surface area contributed by atoms with Crippen LogP contribution in [0.3, 0.4) is 0 Å². The van der Waals surface area contributed by atoms with Crippen molar-refractivity contribution in [3.63, 3.8) is 0 Å². The van der Waals surface area contributed by atoms with E-state index in [1.165, 1.54) is 18.2 Å². The quantitative estimate of drug-likeness (QED) is 0.587. The minimum absolute atomic E-state index is 0.0211. The summed E-state index contributed by atoms with van der Waals surface area (Å²) in [6, 6.07) is 2.97. The number of benzene rings is 1. The second-order valence-electron chi connectivity index (χ2n) is 3.92. The number of phenols is 1. The highest BCUT2D eigenvalue weighted by atomic mass is 16.4. The lowest BCUT2D eigenvalue weighted by Crippen LogP contribution is -2.35. The zero-order valence-corrected chi connectivity index (χ0v) is 10.0. The lowest BCUT2D eigenvalue weighted by molar-refractivity contribution is -0.117. The maximum absolute atomic E-state index is 11.6. The van der Waals surface area contributed by atoms with Gasteiger partial charge in [0.15, 0.2) is 0 Å². The molecule has 0 saturated heterocycles. The Kier molecular flexibility index (Phi) is 4.67. The highest BCUT2D eigenvalue weighted by molar-refractivity contribution is 5.97. The smallest absolute Gasteiger partial charge is 0.335 e. The average Bonchev–Trinajstić information content (AvgIpc) is 2.31. The first-order valence-corrected chi connectivity index (χ1v) is 5.58. The van der Waals surface area contributed by atoms with Gasteiger partial charge >= 0.3 is 5.97 Å². The number of amides is 1. The molecule has 5 N–H and O–H groups in total. The Morgan fingerprint density at radius 1 is 1.44 bits per heavy atom. The molecule has 0 fully saturated rings. The van der Waals surface area contributed by atoms with Crippen LogP contribution in [0.2, 0.25) is 0 Å². The molecule has 0 unspecified atom stereocenters. The number of nitrogens with two attached hydrogens (primary N) is 1. The van der Waals surface area contributed by atoms with Crippen LogP contribution in [0.5, 0.6) is 5.75 Å². The number of nitrogens with one attached hydrogen (secondary N) is 1. The molecule has 0 bridgehead atoms. The van der Waals surface area contributed by atoms with Crippen molar-refractivity contribution >= 4 is 17.6 Å². The standard InChI is InChI=1S/C12H16N2O4/c1-2-3-8(13)11(16)14-9-6-7(12(17)18)4-5-10(9)15/h4-6,8,15H,2-3,13H2,1H3,(H,14,16)(H,17,18)/t8-/m1/s1. The summed E-state index contributed by atoms with van der Waals surface area (Å²) in [5, 5.41) is 20.8. The van der Waals surface area contributed by atoms with Gasteiger partial charge in [-0.15, -0.1) is 0 Å². The van der Waals surface area contributed by atoms with Gasteiger partial charge in [-0.3, -0.25) is 4.79 Å². The predicted octanol–water partition coefficient (Wildman–Crippen LogP) is 1.16. The van der Waals surface area contributed by atoms with Crippen molar-refractivity contribution in [2.24, 2.45) is 5.73 Å². The van der Waals surface area contributed by atoms with Gasteiger partial charge in [-0.25, -0.2) is 4.79 Å². The molecule has 18 heavy (non-hydrogen) atoms. The highest BCUT2D eigenvalue weighted by Gasteiger charge is 2.15. The summed E-state index contributed by atoms with van der Waals surface area (Å²) in [5.74, 6) is -1.78. The number of phenolic OH excluding ortho intramolecular Hbond substituents is 1. The number of hydrogen-bond acceptors (Lipinski definition) is 4. The van der Waals surface area contributed by atoms with Crippen LogP contribution in [-0.4, -0.2) is 28.1 Å². The van der Waals surface area contributed by atoms with Crippen LogP contribution in [-0.2, 0) is 4.79 Å². The summed E-state index contributed by atoms with van der Waals surface area (Å²) in [5.41, 5.74) is 5.64. The van der Waals surface area contributed by atoms with Crippen molar-refractivity contribution < 1.29 is 19.8 Å². The summed E-state index contributed by atoms with van der Waals surface area (Å²) in [6.45, 7) is 1.90. The molecule has 1 rings (SSSR count). The molecule has 0 aliphatic rings. The largest absolute Gasteiger partial charge is 0.506 e. The molecule has 1 atom stereocenters. The van der Waals surface area contributed by atoms with Gasteiger partial charge in [0.25, 0.3) is 0 Å². The van der Waals surface area contributed by atoms with Crippen LogP contribution < -0.4 is 11.1 Å². The Bertz CT molecular complexity index is 459. The Balaban J connectivity index is 2.86. The number of carbonyl (C=O) groups excluding carboxylic acids is 1. The number of carboxylic acid groups (broad SMARTS) is 1. The number of aromatic hydroxyl groups is 1. The number of aromatic carboxylic acids is 1. The zero-order chi connectivity index (χ0) is 13.7. The molecule has 0 aliphatic heterocycles. The molecular formula is C12H16N2O4. The van der Waals surface area contributed by atoms with E-state index >= 15 is 0 Å². The number of rotatable bonds is 5. The van der Waals surface area contributed by atoms with Gasteiger partial charge in [0, 0.05) is 0 Å². The third-order valence-corrected chi connectivity index (χ3v) is 2.44. The molecular weight excluding hydrogens is 236 g/mol. The van der Waals surface area contributed by atoms with E-state index in [2.05, 4.69) is 5.32 Å². The molecule has 0 spiro atoms. The first kappa shape index (κ1) is 14.0. The zero-order valence-electron chi connectivity index (χ0n) is 10.0. The molecule has 0 aromatic heterocycles. The van der Waals surface area contributed by atoms with Crippen molar-refractivity contribution in [3.05, 3.63) is 23.8 Å². The molecule has 0 heterocycles. The van der Waals surface area contributed by atoms with Crippen LogP contribution in [0.15, 0.2) is 18.2 Å². The van der Waals surface area contributed by atoms with E-state index < -0.39 is 17.9 Å². The highest BCUT2D eigenvalue weighted by Crippen LogP contribution is 2.24. The third-order valence-electron chi connectivity index (χ3n) is 2.44. The fraction of sp³-hybridized carbons (Fsp3) is 0.333. The molecule has 6 heteroatoms. The van der Waals surface area contributed by atoms with Crippen molar-refractivity contribution in [1.82, 2.24) is 0 Å². The number of carboxylic acids is 1. The van der Waals surface area contributed by atoms with E-state index in [1.54, 1.807) is 0 Å². The first-order valence-electron chi connectivity index (χ1n) is 5.58. The molecule has 1 aromatic carbocycles. The Morgan fingerprint density at radius 3 is 2.67 bits per heavy atom. The average molecular weight is 252 g/mol. The van der Waals surface area contributed by atoms with Gasteiger partial charge in [0.05, 0.1) is 17.3 Å². The lowest BCUT2D eigenvalue weighted by Gasteiger charge is -2.12. The van der Waals surface area contributed by atoms with Crippen molar-refractivity contribution in [3.8, 4) is 5.75 Å². The first-order chi connectivity index (χ1) is 8.45. The van der Waals surface area contributed by atoms with E-state index in [9.17, 15) is 14.7 Å².